The maximum Gasteiger partial charge on any atom is 0.206 e. The van der Waals surface area contributed by atoms with E-state index in [0.29, 0.717) is 5.56 Å². The predicted molar refractivity (Wildman–Crippen MR) is 91.5 cm³/mol. The van der Waals surface area contributed by atoms with Gasteiger partial charge in [-0.25, -0.2) is 9.97 Å². The van der Waals surface area contributed by atoms with Gasteiger partial charge in [-0.3, -0.25) is 4.79 Å². The molecule has 0 aliphatic carbocycles. The van der Waals surface area contributed by atoms with Crippen molar-refractivity contribution in [1.29, 1.82) is 0 Å². The van der Waals surface area contributed by atoms with Gasteiger partial charge < -0.3 is 0 Å². The molecule has 0 radical (unpaired) electrons. The molecule has 0 saturated carbocycles. The van der Waals surface area contributed by atoms with Gasteiger partial charge in [0.2, 0.25) is 5.78 Å². The number of benzene rings is 1. The molecule has 3 rings (SSSR count). The molecule has 0 unspecified atom stereocenters. The minimum Gasteiger partial charge on any atom is -0.288 e. The lowest BCUT2D eigenvalue weighted by atomic mass is 10.0. The van der Waals surface area contributed by atoms with Crippen molar-refractivity contribution in [3.05, 3.63) is 80.0 Å². The Morgan fingerprint density at radius 1 is 1.23 bits per heavy atom. The molecular formula is C17H13BrN2OS. The van der Waals surface area contributed by atoms with E-state index in [4.69, 9.17) is 0 Å². The molecule has 0 saturated heterocycles. The molecule has 2 aromatic heterocycles. The van der Waals surface area contributed by atoms with Gasteiger partial charge >= 0.3 is 0 Å². The molecule has 0 atom stereocenters. The van der Waals surface area contributed by atoms with E-state index in [-0.39, 0.29) is 5.78 Å². The lowest BCUT2D eigenvalue weighted by Gasteiger charge is -2.01. The van der Waals surface area contributed by atoms with Crippen molar-refractivity contribution < 1.29 is 4.79 Å². The molecular weight excluding hydrogens is 360 g/mol. The number of aryl methyl sites for hydroxylation is 1. The van der Waals surface area contributed by atoms with Crippen molar-refractivity contribution >= 4 is 33.0 Å². The summed E-state index contributed by atoms with van der Waals surface area (Å²) in [5, 5.41) is 0. The topological polar surface area (TPSA) is 42.9 Å². The van der Waals surface area contributed by atoms with Crippen LogP contribution in [-0.2, 0) is 6.42 Å². The van der Waals surface area contributed by atoms with Gasteiger partial charge in [0.25, 0.3) is 0 Å². The molecule has 0 spiro atoms. The SMILES string of the molecule is Cc1sc(C(=O)c2cncnc2)cc1Cc1cccc(Br)c1. The molecule has 0 aliphatic rings. The van der Waals surface area contributed by atoms with Crippen LogP contribution in [0.2, 0.25) is 0 Å². The Hall–Kier alpha value is -1.85. The Labute approximate surface area is 141 Å². The molecule has 3 nitrogen and oxygen atoms in total. The van der Waals surface area contributed by atoms with Gasteiger partial charge in [0.15, 0.2) is 0 Å². The zero-order valence-electron chi connectivity index (χ0n) is 11.9. The molecule has 0 bridgehead atoms. The van der Waals surface area contributed by atoms with Crippen molar-refractivity contribution in [2.45, 2.75) is 13.3 Å². The molecule has 110 valence electrons. The first-order valence-electron chi connectivity index (χ1n) is 6.77. The van der Waals surface area contributed by atoms with E-state index in [1.807, 2.05) is 18.2 Å². The van der Waals surface area contributed by atoms with Crippen LogP contribution in [0.5, 0.6) is 0 Å². The van der Waals surface area contributed by atoms with Gasteiger partial charge in [-0.1, -0.05) is 28.1 Å². The Morgan fingerprint density at radius 3 is 2.73 bits per heavy atom. The van der Waals surface area contributed by atoms with Crippen molar-refractivity contribution in [2.75, 3.05) is 0 Å². The minimum absolute atomic E-state index is 0.0193. The third-order valence-corrected chi connectivity index (χ3v) is 4.94. The highest BCUT2D eigenvalue weighted by molar-refractivity contribution is 9.10. The third-order valence-electron chi connectivity index (χ3n) is 3.35. The van der Waals surface area contributed by atoms with Crippen LogP contribution in [0, 0.1) is 6.92 Å². The Bertz CT molecular complexity index is 815. The molecule has 0 amide bonds. The molecule has 0 fully saturated rings. The fourth-order valence-corrected chi connectivity index (χ4v) is 3.68. The van der Waals surface area contributed by atoms with Crippen molar-refractivity contribution in [3.63, 3.8) is 0 Å². The largest absolute Gasteiger partial charge is 0.288 e. The number of thiophene rings is 1. The summed E-state index contributed by atoms with van der Waals surface area (Å²) in [5.41, 5.74) is 2.93. The first-order chi connectivity index (χ1) is 10.6. The van der Waals surface area contributed by atoms with Gasteiger partial charge in [0.05, 0.1) is 10.4 Å². The Kier molecular flexibility index (Phi) is 4.45. The summed E-state index contributed by atoms with van der Waals surface area (Å²) >= 11 is 5.01. The fraction of sp³-hybridized carbons (Fsp3) is 0.118. The lowest BCUT2D eigenvalue weighted by Crippen LogP contribution is -1.99. The summed E-state index contributed by atoms with van der Waals surface area (Å²) in [7, 11) is 0. The van der Waals surface area contributed by atoms with Crippen LogP contribution < -0.4 is 0 Å². The van der Waals surface area contributed by atoms with Crippen molar-refractivity contribution in [1.82, 2.24) is 9.97 Å². The number of halogens is 1. The highest BCUT2D eigenvalue weighted by atomic mass is 79.9. The van der Waals surface area contributed by atoms with Crippen LogP contribution in [0.4, 0.5) is 0 Å². The molecule has 3 aromatic rings. The van der Waals surface area contributed by atoms with Crippen molar-refractivity contribution in [2.24, 2.45) is 0 Å². The van der Waals surface area contributed by atoms with Gasteiger partial charge in [-0.2, -0.15) is 0 Å². The van der Waals surface area contributed by atoms with Gasteiger partial charge in [0, 0.05) is 21.7 Å². The zero-order chi connectivity index (χ0) is 15.5. The van der Waals surface area contributed by atoms with E-state index in [1.54, 1.807) is 12.4 Å². The van der Waals surface area contributed by atoms with E-state index in [1.165, 1.54) is 33.7 Å². The highest BCUT2D eigenvalue weighted by Gasteiger charge is 2.15. The number of hydrogen-bond acceptors (Lipinski definition) is 4. The second-order valence-electron chi connectivity index (χ2n) is 4.96. The standard InChI is InChI=1S/C17H13BrN2OS/c1-11-13(5-12-3-2-4-15(18)6-12)7-16(22-11)17(21)14-8-19-10-20-9-14/h2-4,6-10H,5H2,1H3. The molecule has 1 aromatic carbocycles. The number of aromatic nitrogens is 2. The molecule has 5 heteroatoms. The first-order valence-corrected chi connectivity index (χ1v) is 8.38. The fourth-order valence-electron chi connectivity index (χ4n) is 2.23. The van der Waals surface area contributed by atoms with E-state index in [9.17, 15) is 4.79 Å². The van der Waals surface area contributed by atoms with Crippen LogP contribution in [0.15, 0.2) is 53.5 Å². The van der Waals surface area contributed by atoms with Crippen LogP contribution in [0.25, 0.3) is 0 Å². The lowest BCUT2D eigenvalue weighted by molar-refractivity contribution is 0.104. The zero-order valence-corrected chi connectivity index (χ0v) is 14.3. The summed E-state index contributed by atoms with van der Waals surface area (Å²) in [5.74, 6) is -0.0193. The van der Waals surface area contributed by atoms with E-state index >= 15 is 0 Å². The number of hydrogen-bond donors (Lipinski definition) is 0. The van der Waals surface area contributed by atoms with Crippen LogP contribution in [0.3, 0.4) is 0 Å². The van der Waals surface area contributed by atoms with E-state index in [2.05, 4.69) is 45.0 Å². The molecule has 0 aliphatic heterocycles. The smallest absolute Gasteiger partial charge is 0.206 e. The van der Waals surface area contributed by atoms with Crippen LogP contribution in [-0.4, -0.2) is 15.8 Å². The van der Waals surface area contributed by atoms with Crippen LogP contribution >= 0.6 is 27.3 Å². The third kappa shape index (κ3) is 3.31. The maximum absolute atomic E-state index is 12.4. The van der Waals surface area contributed by atoms with Gasteiger partial charge in [0.1, 0.15) is 6.33 Å². The van der Waals surface area contributed by atoms with Gasteiger partial charge in [-0.05, 0) is 42.7 Å². The normalized spacial score (nSPS) is 10.6. The van der Waals surface area contributed by atoms with Crippen LogP contribution in [0.1, 0.15) is 31.2 Å². The Balaban J connectivity index is 1.86. The van der Waals surface area contributed by atoms with Gasteiger partial charge in [-0.15, -0.1) is 11.3 Å². The Morgan fingerprint density at radius 2 is 2.00 bits per heavy atom. The first kappa shape index (κ1) is 15.1. The summed E-state index contributed by atoms with van der Waals surface area (Å²) in [4.78, 5) is 22.2. The number of nitrogens with zero attached hydrogens (tertiary/aromatic N) is 2. The highest BCUT2D eigenvalue weighted by Crippen LogP contribution is 2.26. The molecule has 2 heterocycles. The molecule has 22 heavy (non-hydrogen) atoms. The predicted octanol–water partition coefficient (Wildman–Crippen LogP) is 4.43. The van der Waals surface area contributed by atoms with E-state index in [0.717, 1.165) is 15.8 Å². The monoisotopic (exact) mass is 372 g/mol. The average molecular weight is 373 g/mol. The number of carbonyl (C=O) groups is 1. The second kappa shape index (κ2) is 6.50. The maximum atomic E-state index is 12.4. The number of ketones is 1. The summed E-state index contributed by atoms with van der Waals surface area (Å²) in [6.07, 6.45) is 5.35. The number of rotatable bonds is 4. The number of carbonyl (C=O) groups excluding carboxylic acids is 1. The summed E-state index contributed by atoms with van der Waals surface area (Å²) in [6.45, 7) is 2.05. The summed E-state index contributed by atoms with van der Waals surface area (Å²) in [6, 6.07) is 10.2. The minimum atomic E-state index is -0.0193. The molecule has 0 N–H and O–H groups in total. The van der Waals surface area contributed by atoms with Crippen molar-refractivity contribution in [3.8, 4) is 0 Å². The summed E-state index contributed by atoms with van der Waals surface area (Å²) < 4.78 is 1.07. The van der Waals surface area contributed by atoms with E-state index < -0.39 is 0 Å². The average Bonchev–Trinajstić information content (AvgIpc) is 2.88. The quantitative estimate of drug-likeness (QED) is 0.636. The second-order valence-corrected chi connectivity index (χ2v) is 7.13.